The van der Waals surface area contributed by atoms with E-state index in [9.17, 15) is 5.11 Å². The second-order valence-corrected chi connectivity index (χ2v) is 7.15. The van der Waals surface area contributed by atoms with Crippen molar-refractivity contribution >= 4 is 11.3 Å². The molecule has 0 bridgehead atoms. The smallest absolute Gasteiger partial charge is 0.0897 e. The summed E-state index contributed by atoms with van der Waals surface area (Å²) < 4.78 is 0. The number of rotatable bonds is 2. The highest BCUT2D eigenvalue weighted by Gasteiger charge is 2.47. The van der Waals surface area contributed by atoms with Gasteiger partial charge in [0.2, 0.25) is 0 Å². The highest BCUT2D eigenvalue weighted by molar-refractivity contribution is 7.09. The summed E-state index contributed by atoms with van der Waals surface area (Å²) in [6.07, 6.45) is 2.70. The fourth-order valence-electron chi connectivity index (χ4n) is 3.13. The molecule has 0 aliphatic heterocycles. The molecule has 1 aliphatic rings. The summed E-state index contributed by atoms with van der Waals surface area (Å²) in [7, 11) is 0. The molecule has 2 atom stereocenters. The topological polar surface area (TPSA) is 33.1 Å². The number of hydrogen-bond acceptors (Lipinski definition) is 3. The van der Waals surface area contributed by atoms with Gasteiger partial charge >= 0.3 is 0 Å². The van der Waals surface area contributed by atoms with E-state index in [-0.39, 0.29) is 5.41 Å². The first-order valence-electron chi connectivity index (χ1n) is 5.94. The lowest BCUT2D eigenvalue weighted by Crippen LogP contribution is -2.34. The third-order valence-electron chi connectivity index (χ3n) is 3.71. The van der Waals surface area contributed by atoms with Gasteiger partial charge in [0, 0.05) is 11.8 Å². The molecule has 0 amide bonds. The minimum Gasteiger partial charge on any atom is -0.389 e. The van der Waals surface area contributed by atoms with E-state index < -0.39 is 5.60 Å². The van der Waals surface area contributed by atoms with Crippen LogP contribution in [0.25, 0.3) is 0 Å². The molecule has 0 spiro atoms. The Balaban J connectivity index is 2.14. The third-order valence-corrected chi connectivity index (χ3v) is 4.54. The molecule has 1 fully saturated rings. The number of hydrogen-bond donors (Lipinski definition) is 1. The lowest BCUT2D eigenvalue weighted by atomic mass is 9.86. The maximum absolute atomic E-state index is 10.7. The van der Waals surface area contributed by atoms with Crippen LogP contribution >= 0.6 is 11.3 Å². The van der Waals surface area contributed by atoms with Crippen molar-refractivity contribution in [2.75, 3.05) is 0 Å². The Morgan fingerprint density at radius 1 is 1.56 bits per heavy atom. The molecule has 2 nitrogen and oxygen atoms in total. The van der Waals surface area contributed by atoms with Crippen LogP contribution < -0.4 is 0 Å². The van der Waals surface area contributed by atoms with Crippen molar-refractivity contribution in [2.45, 2.75) is 52.6 Å². The summed E-state index contributed by atoms with van der Waals surface area (Å²) in [6, 6.07) is 0. The minimum atomic E-state index is -0.552. The number of nitrogens with zero attached hydrogens (tertiary/aromatic N) is 1. The van der Waals surface area contributed by atoms with Crippen molar-refractivity contribution in [1.82, 2.24) is 4.98 Å². The maximum atomic E-state index is 10.7. The van der Waals surface area contributed by atoms with Crippen LogP contribution in [0, 0.1) is 18.3 Å². The molecule has 1 saturated carbocycles. The van der Waals surface area contributed by atoms with Crippen LogP contribution in [-0.2, 0) is 6.42 Å². The average Bonchev–Trinajstić information content (AvgIpc) is 2.55. The van der Waals surface area contributed by atoms with Crippen LogP contribution in [0.2, 0.25) is 0 Å². The predicted molar refractivity (Wildman–Crippen MR) is 67.7 cm³/mol. The molecule has 1 aromatic rings. The van der Waals surface area contributed by atoms with Gasteiger partial charge in [-0.1, -0.05) is 20.8 Å². The van der Waals surface area contributed by atoms with Gasteiger partial charge in [0.15, 0.2) is 0 Å². The molecule has 90 valence electrons. The van der Waals surface area contributed by atoms with Crippen molar-refractivity contribution in [2.24, 2.45) is 11.3 Å². The van der Waals surface area contributed by atoms with Crippen molar-refractivity contribution in [1.29, 1.82) is 0 Å². The van der Waals surface area contributed by atoms with Crippen LogP contribution in [0.15, 0.2) is 5.38 Å². The molecule has 0 saturated heterocycles. The zero-order valence-corrected chi connectivity index (χ0v) is 11.4. The van der Waals surface area contributed by atoms with Gasteiger partial charge in [0.05, 0.1) is 16.3 Å². The van der Waals surface area contributed by atoms with E-state index in [1.807, 2.05) is 6.92 Å². The Hall–Kier alpha value is -0.410. The summed E-state index contributed by atoms with van der Waals surface area (Å²) in [5, 5.41) is 13.9. The van der Waals surface area contributed by atoms with Crippen LogP contribution in [0.4, 0.5) is 0 Å². The standard InChI is InChI=1S/C13H21NOS/c1-9-5-12(3,4)8-13(9,15)6-11-7-16-10(2)14-11/h7,9,15H,5-6,8H2,1-4H3. The van der Waals surface area contributed by atoms with Crippen molar-refractivity contribution in [3.8, 4) is 0 Å². The minimum absolute atomic E-state index is 0.263. The van der Waals surface area contributed by atoms with E-state index in [0.29, 0.717) is 12.3 Å². The highest BCUT2D eigenvalue weighted by atomic mass is 32.1. The van der Waals surface area contributed by atoms with Gasteiger partial charge in [0.1, 0.15) is 0 Å². The van der Waals surface area contributed by atoms with Gasteiger partial charge in [0.25, 0.3) is 0 Å². The summed E-state index contributed by atoms with van der Waals surface area (Å²) in [6.45, 7) is 8.66. The quantitative estimate of drug-likeness (QED) is 0.860. The molecular formula is C13H21NOS. The van der Waals surface area contributed by atoms with Gasteiger partial charge in [-0.25, -0.2) is 4.98 Å². The molecule has 1 heterocycles. The van der Waals surface area contributed by atoms with E-state index in [1.54, 1.807) is 11.3 Å². The highest BCUT2D eigenvalue weighted by Crippen LogP contribution is 2.48. The summed E-state index contributed by atoms with van der Waals surface area (Å²) >= 11 is 1.67. The first kappa shape index (κ1) is 12.1. The third kappa shape index (κ3) is 2.30. The van der Waals surface area contributed by atoms with Gasteiger partial charge < -0.3 is 5.11 Å². The first-order valence-corrected chi connectivity index (χ1v) is 6.82. The van der Waals surface area contributed by atoms with Gasteiger partial charge in [-0.3, -0.25) is 0 Å². The Kier molecular flexibility index (Phi) is 2.87. The zero-order chi connectivity index (χ0) is 12.0. The first-order chi connectivity index (χ1) is 7.31. The fourth-order valence-corrected chi connectivity index (χ4v) is 3.75. The summed E-state index contributed by atoms with van der Waals surface area (Å²) in [4.78, 5) is 4.46. The van der Waals surface area contributed by atoms with E-state index in [0.717, 1.165) is 23.5 Å². The molecule has 2 unspecified atom stereocenters. The van der Waals surface area contributed by atoms with E-state index >= 15 is 0 Å². The lowest BCUT2D eigenvalue weighted by Gasteiger charge is -2.27. The Morgan fingerprint density at radius 2 is 2.25 bits per heavy atom. The van der Waals surface area contributed by atoms with Crippen LogP contribution in [0.3, 0.4) is 0 Å². The van der Waals surface area contributed by atoms with Crippen molar-refractivity contribution < 1.29 is 5.11 Å². The fraction of sp³-hybridized carbons (Fsp3) is 0.769. The molecule has 0 radical (unpaired) electrons. The normalized spacial score (nSPS) is 33.2. The number of aromatic nitrogens is 1. The molecule has 0 aromatic carbocycles. The Labute approximate surface area is 102 Å². The SMILES string of the molecule is Cc1nc(CC2(O)CC(C)(C)CC2C)cs1. The molecule has 3 heteroatoms. The van der Waals surface area contributed by atoms with Crippen LogP contribution in [0.1, 0.15) is 44.3 Å². The van der Waals surface area contributed by atoms with Gasteiger partial charge in [-0.05, 0) is 31.1 Å². The molecular weight excluding hydrogens is 218 g/mol. The van der Waals surface area contributed by atoms with Gasteiger partial charge in [-0.2, -0.15) is 0 Å². The second kappa shape index (κ2) is 3.81. The van der Waals surface area contributed by atoms with E-state index in [4.69, 9.17) is 0 Å². The summed E-state index contributed by atoms with van der Waals surface area (Å²) in [5.41, 5.74) is 0.762. The number of thiazole rings is 1. The largest absolute Gasteiger partial charge is 0.389 e. The van der Waals surface area contributed by atoms with E-state index in [2.05, 4.69) is 31.1 Å². The average molecular weight is 239 g/mol. The number of aryl methyl sites for hydroxylation is 1. The van der Waals surface area contributed by atoms with Gasteiger partial charge in [-0.15, -0.1) is 11.3 Å². The predicted octanol–water partition coefficient (Wildman–Crippen LogP) is 3.18. The molecule has 2 rings (SSSR count). The second-order valence-electron chi connectivity index (χ2n) is 6.08. The monoisotopic (exact) mass is 239 g/mol. The lowest BCUT2D eigenvalue weighted by molar-refractivity contribution is 0.00371. The Morgan fingerprint density at radius 3 is 2.69 bits per heavy atom. The zero-order valence-electron chi connectivity index (χ0n) is 10.6. The molecule has 16 heavy (non-hydrogen) atoms. The van der Waals surface area contributed by atoms with Crippen LogP contribution in [-0.4, -0.2) is 15.7 Å². The number of aliphatic hydroxyl groups is 1. The Bertz CT molecular complexity index is 385. The summed E-state index contributed by atoms with van der Waals surface area (Å²) in [5.74, 6) is 0.365. The molecule has 1 N–H and O–H groups in total. The van der Waals surface area contributed by atoms with Crippen molar-refractivity contribution in [3.05, 3.63) is 16.1 Å². The van der Waals surface area contributed by atoms with Crippen molar-refractivity contribution in [3.63, 3.8) is 0 Å². The molecule has 1 aliphatic carbocycles. The van der Waals surface area contributed by atoms with E-state index in [1.165, 1.54) is 0 Å². The van der Waals surface area contributed by atoms with Crippen LogP contribution in [0.5, 0.6) is 0 Å². The molecule has 1 aromatic heterocycles. The maximum Gasteiger partial charge on any atom is 0.0897 e.